The van der Waals surface area contributed by atoms with Gasteiger partial charge in [0.25, 0.3) is 0 Å². The highest BCUT2D eigenvalue weighted by Crippen LogP contribution is 2.43. The van der Waals surface area contributed by atoms with E-state index >= 15 is 0 Å². The van der Waals surface area contributed by atoms with E-state index in [1.54, 1.807) is 0 Å². The number of hydrogen-bond donors (Lipinski definition) is 1. The fourth-order valence-electron chi connectivity index (χ4n) is 10.1. The molecule has 0 aliphatic heterocycles. The molecule has 2 unspecified atom stereocenters. The molecule has 9 nitrogen and oxygen atoms in total. The Labute approximate surface area is 496 Å². The average molecular weight is 1150 g/mol. The number of hydrogen-bond acceptors (Lipinski definition) is 7. The zero-order chi connectivity index (χ0) is 58.4. The van der Waals surface area contributed by atoms with Crippen molar-refractivity contribution in [2.75, 3.05) is 47.5 Å². The molecule has 2 atom stereocenters. The van der Waals surface area contributed by atoms with Crippen LogP contribution in [0.15, 0.2) is 48.6 Å². The highest BCUT2D eigenvalue weighted by molar-refractivity contribution is 7.47. The van der Waals surface area contributed by atoms with Crippen LogP contribution in [0, 0.1) is 0 Å². The standard InChI is InChI=1S/C70H132NO8P/c1-6-8-10-12-14-16-18-20-22-23-24-25-26-27-28-29-30-31-32-33-34-35-36-37-38-39-40-41-42-43-44-45-46-47-49-50-52-54-56-58-60-62-69(72)76-66-68(67-78-80(74,75)77-65-64-71(3,4)5)79-70(73)63-61-59-57-55-53-51-48-21-19-17-15-13-11-9-7-2/h9,11,15,17,21,48,53,55,68H,6-8,10,12-14,16,18-20,22-47,49-52,54,56-67H2,1-5H3/p+1/b11-9-,17-15-,48-21-,55-53-. The lowest BCUT2D eigenvalue weighted by atomic mass is 10.0. The van der Waals surface area contributed by atoms with E-state index in [0.29, 0.717) is 17.4 Å². The van der Waals surface area contributed by atoms with Crippen LogP contribution in [-0.4, -0.2) is 74.9 Å². The number of rotatable bonds is 64. The number of likely N-dealkylation sites (N-methyl/N-ethyl adjacent to an activating group) is 1. The lowest BCUT2D eigenvalue weighted by Gasteiger charge is -2.24. The largest absolute Gasteiger partial charge is 0.472 e. The lowest BCUT2D eigenvalue weighted by molar-refractivity contribution is -0.870. The second-order valence-corrected chi connectivity index (χ2v) is 26.0. The first-order valence-electron chi connectivity index (χ1n) is 34.4. The van der Waals surface area contributed by atoms with E-state index in [4.69, 9.17) is 18.5 Å². The van der Waals surface area contributed by atoms with Crippen molar-refractivity contribution in [1.82, 2.24) is 0 Å². The van der Waals surface area contributed by atoms with Gasteiger partial charge < -0.3 is 18.9 Å². The average Bonchev–Trinajstić information content (AvgIpc) is 3.42. The molecule has 0 saturated carbocycles. The van der Waals surface area contributed by atoms with Crippen molar-refractivity contribution in [3.8, 4) is 0 Å². The number of quaternary nitrogens is 1. The summed E-state index contributed by atoms with van der Waals surface area (Å²) >= 11 is 0. The van der Waals surface area contributed by atoms with Crippen molar-refractivity contribution in [2.24, 2.45) is 0 Å². The van der Waals surface area contributed by atoms with Gasteiger partial charge in [-0.1, -0.05) is 319 Å². The van der Waals surface area contributed by atoms with Crippen LogP contribution < -0.4 is 0 Å². The fourth-order valence-corrected chi connectivity index (χ4v) is 10.9. The number of ether oxygens (including phenoxy) is 2. The second kappa shape index (κ2) is 61.5. The van der Waals surface area contributed by atoms with E-state index in [0.717, 1.165) is 57.8 Å². The number of phosphoric ester groups is 1. The second-order valence-electron chi connectivity index (χ2n) is 24.5. The van der Waals surface area contributed by atoms with Gasteiger partial charge in [-0.3, -0.25) is 18.6 Å². The van der Waals surface area contributed by atoms with Crippen molar-refractivity contribution in [3.63, 3.8) is 0 Å². The number of phosphoric acid groups is 1. The molecule has 0 aromatic heterocycles. The maximum Gasteiger partial charge on any atom is 0.472 e. The molecule has 0 saturated heterocycles. The molecule has 0 rings (SSSR count). The molecule has 10 heteroatoms. The first-order chi connectivity index (χ1) is 39.0. The summed E-state index contributed by atoms with van der Waals surface area (Å²) in [5.41, 5.74) is 0. The molecule has 0 aromatic carbocycles. The molecule has 0 heterocycles. The molecule has 0 radical (unpaired) electrons. The summed E-state index contributed by atoms with van der Waals surface area (Å²) in [4.78, 5) is 35.7. The van der Waals surface area contributed by atoms with E-state index < -0.39 is 26.5 Å². The van der Waals surface area contributed by atoms with Gasteiger partial charge in [-0.25, -0.2) is 4.57 Å². The summed E-state index contributed by atoms with van der Waals surface area (Å²) in [6.07, 6.45) is 79.9. The van der Waals surface area contributed by atoms with Crippen LogP contribution in [0.3, 0.4) is 0 Å². The zero-order valence-electron chi connectivity index (χ0n) is 53.6. The van der Waals surface area contributed by atoms with Crippen LogP contribution in [0.25, 0.3) is 0 Å². The van der Waals surface area contributed by atoms with Gasteiger partial charge in [-0.15, -0.1) is 0 Å². The highest BCUT2D eigenvalue weighted by Gasteiger charge is 2.27. The van der Waals surface area contributed by atoms with Gasteiger partial charge in [0.1, 0.15) is 19.8 Å². The van der Waals surface area contributed by atoms with Crippen LogP contribution in [0.4, 0.5) is 0 Å². The minimum atomic E-state index is -4.40. The summed E-state index contributed by atoms with van der Waals surface area (Å²) in [7, 11) is 1.46. The monoisotopic (exact) mass is 1150 g/mol. The number of allylic oxidation sites excluding steroid dienone is 8. The number of unbranched alkanes of at least 4 members (excludes halogenated alkanes) is 42. The van der Waals surface area contributed by atoms with Crippen LogP contribution in [-0.2, 0) is 32.7 Å². The lowest BCUT2D eigenvalue weighted by Crippen LogP contribution is -2.37. The first-order valence-corrected chi connectivity index (χ1v) is 35.9. The Morgan fingerprint density at radius 3 is 1.06 bits per heavy atom. The van der Waals surface area contributed by atoms with E-state index in [1.807, 2.05) is 21.1 Å². The number of esters is 2. The van der Waals surface area contributed by atoms with E-state index in [-0.39, 0.29) is 32.0 Å². The Hall–Kier alpha value is -2.03. The molecule has 80 heavy (non-hydrogen) atoms. The van der Waals surface area contributed by atoms with Crippen LogP contribution in [0.1, 0.15) is 335 Å². The number of nitrogens with zero attached hydrogens (tertiary/aromatic N) is 1. The molecule has 0 aromatic rings. The quantitative estimate of drug-likeness (QED) is 0.0211. The van der Waals surface area contributed by atoms with Gasteiger partial charge in [0.05, 0.1) is 27.7 Å². The van der Waals surface area contributed by atoms with Gasteiger partial charge in [0.2, 0.25) is 0 Å². The third-order valence-electron chi connectivity index (χ3n) is 15.4. The number of carbonyl (C=O) groups is 2. The molecule has 0 aliphatic carbocycles. The summed E-state index contributed by atoms with van der Waals surface area (Å²) in [5.74, 6) is -0.835. The summed E-state index contributed by atoms with van der Waals surface area (Å²) in [6, 6.07) is 0. The van der Waals surface area contributed by atoms with Crippen molar-refractivity contribution in [1.29, 1.82) is 0 Å². The third-order valence-corrected chi connectivity index (χ3v) is 16.4. The van der Waals surface area contributed by atoms with Gasteiger partial charge in [-0.2, -0.15) is 0 Å². The molecule has 0 fully saturated rings. The normalized spacial score (nSPS) is 13.4. The minimum absolute atomic E-state index is 0.0236. The summed E-state index contributed by atoms with van der Waals surface area (Å²) in [5, 5.41) is 0. The van der Waals surface area contributed by atoms with Crippen molar-refractivity contribution >= 4 is 19.8 Å². The summed E-state index contributed by atoms with van der Waals surface area (Å²) in [6.45, 7) is 4.31. The SMILES string of the molecule is CC/C=C\C/C=C\C/C=C\C/C=C\CCCCC(=O)OC(COC(=O)CCCCCCCCCCCCCCCCCCCCCCCCCCCCCCCCCCCCCCCCCCC)COP(=O)(O)OCC[N+](C)(C)C. The van der Waals surface area contributed by atoms with Crippen LogP contribution in [0.2, 0.25) is 0 Å². The van der Waals surface area contributed by atoms with Gasteiger partial charge in [0.15, 0.2) is 6.10 Å². The molecule has 0 bridgehead atoms. The summed E-state index contributed by atoms with van der Waals surface area (Å²) < 4.78 is 34.5. The molecule has 0 amide bonds. The van der Waals surface area contributed by atoms with Crippen molar-refractivity contribution < 1.29 is 42.1 Å². The number of carbonyl (C=O) groups excluding carboxylic acids is 2. The maximum absolute atomic E-state index is 12.8. The maximum atomic E-state index is 12.8. The smallest absolute Gasteiger partial charge is 0.462 e. The van der Waals surface area contributed by atoms with E-state index in [9.17, 15) is 19.0 Å². The Morgan fingerprint density at radius 1 is 0.400 bits per heavy atom. The molecule has 470 valence electrons. The van der Waals surface area contributed by atoms with Gasteiger partial charge >= 0.3 is 19.8 Å². The van der Waals surface area contributed by atoms with Gasteiger partial charge in [0, 0.05) is 12.8 Å². The minimum Gasteiger partial charge on any atom is -0.462 e. The topological polar surface area (TPSA) is 108 Å². The zero-order valence-corrected chi connectivity index (χ0v) is 54.5. The van der Waals surface area contributed by atoms with Gasteiger partial charge in [-0.05, 0) is 51.4 Å². The van der Waals surface area contributed by atoms with Crippen molar-refractivity contribution in [3.05, 3.63) is 48.6 Å². The Balaban J connectivity index is 3.83. The molecule has 0 spiro atoms. The first kappa shape index (κ1) is 78.0. The molecular formula is C70H133NO8P+. The predicted octanol–water partition coefficient (Wildman–Crippen LogP) is 22.1. The molecule has 1 N–H and O–H groups in total. The third kappa shape index (κ3) is 65.1. The highest BCUT2D eigenvalue weighted by atomic mass is 31.2. The van der Waals surface area contributed by atoms with E-state index in [2.05, 4.69) is 62.5 Å². The van der Waals surface area contributed by atoms with Crippen LogP contribution in [0.5, 0.6) is 0 Å². The predicted molar refractivity (Wildman–Crippen MR) is 344 cm³/mol. The fraction of sp³-hybridized carbons (Fsp3) is 0.857. The van der Waals surface area contributed by atoms with Crippen LogP contribution >= 0.6 is 7.82 Å². The molecular weight excluding hydrogens is 1010 g/mol. The Kier molecular flexibility index (Phi) is 60.0. The van der Waals surface area contributed by atoms with E-state index in [1.165, 1.54) is 244 Å². The Morgan fingerprint density at radius 2 is 0.713 bits per heavy atom. The molecule has 0 aliphatic rings. The Bertz CT molecular complexity index is 1490. The van der Waals surface area contributed by atoms with Crippen molar-refractivity contribution in [2.45, 2.75) is 341 Å².